The minimum atomic E-state index is -0.505. The van der Waals surface area contributed by atoms with E-state index < -0.39 is 5.60 Å². The second kappa shape index (κ2) is 8.03. The third kappa shape index (κ3) is 5.33. The summed E-state index contributed by atoms with van der Waals surface area (Å²) in [4.78, 5) is 14.2. The predicted molar refractivity (Wildman–Crippen MR) is 101 cm³/mol. The highest BCUT2D eigenvalue weighted by Crippen LogP contribution is 2.34. The van der Waals surface area contributed by atoms with Gasteiger partial charge in [0.1, 0.15) is 5.60 Å². The molecule has 0 aromatic heterocycles. The van der Waals surface area contributed by atoms with Gasteiger partial charge in [-0.05, 0) is 52.2 Å². The van der Waals surface area contributed by atoms with Crippen LogP contribution < -0.4 is 5.32 Å². The lowest BCUT2D eigenvalue weighted by Crippen LogP contribution is -2.48. The van der Waals surface area contributed by atoms with Crippen LogP contribution in [0.5, 0.6) is 0 Å². The molecule has 0 spiro atoms. The van der Waals surface area contributed by atoms with Crippen LogP contribution >= 0.6 is 34.8 Å². The fraction of sp³-hybridized carbons (Fsp3) is 0.588. The molecule has 1 unspecified atom stereocenters. The molecule has 1 atom stereocenters. The minimum absolute atomic E-state index is 0.0383. The number of ether oxygens (including phenoxy) is 1. The molecule has 1 aromatic rings. The number of benzene rings is 1. The fourth-order valence-corrected chi connectivity index (χ4v) is 3.66. The number of piperidine rings is 1. The molecule has 1 aliphatic heterocycles. The molecule has 1 saturated heterocycles. The summed E-state index contributed by atoms with van der Waals surface area (Å²) in [5.74, 6) is 0. The number of rotatable bonds is 3. The van der Waals surface area contributed by atoms with E-state index in [0.29, 0.717) is 33.8 Å². The van der Waals surface area contributed by atoms with E-state index in [0.717, 1.165) is 19.3 Å². The molecule has 1 fully saturated rings. The summed E-state index contributed by atoms with van der Waals surface area (Å²) in [5, 5.41) is 4.67. The zero-order chi connectivity index (χ0) is 17.9. The molecule has 4 nitrogen and oxygen atoms in total. The Labute approximate surface area is 158 Å². The smallest absolute Gasteiger partial charge is 0.410 e. The largest absolute Gasteiger partial charge is 0.444 e. The van der Waals surface area contributed by atoms with Crippen LogP contribution in [0.1, 0.15) is 40.0 Å². The number of nitrogens with one attached hydrogen (secondary N) is 1. The van der Waals surface area contributed by atoms with E-state index in [4.69, 9.17) is 39.5 Å². The molecular weight excluding hydrogens is 371 g/mol. The lowest BCUT2D eigenvalue weighted by Gasteiger charge is -2.37. The zero-order valence-corrected chi connectivity index (χ0v) is 16.4. The van der Waals surface area contributed by atoms with Crippen molar-refractivity contribution in [3.8, 4) is 0 Å². The Morgan fingerprint density at radius 3 is 2.46 bits per heavy atom. The third-order valence-corrected chi connectivity index (χ3v) is 4.59. The highest BCUT2D eigenvalue weighted by Gasteiger charge is 2.30. The van der Waals surface area contributed by atoms with Gasteiger partial charge < -0.3 is 15.0 Å². The molecule has 0 saturated carbocycles. The lowest BCUT2D eigenvalue weighted by molar-refractivity contribution is 0.0114. The quantitative estimate of drug-likeness (QED) is 0.700. The molecule has 0 bridgehead atoms. The second-order valence-electron chi connectivity index (χ2n) is 6.95. The molecule has 24 heavy (non-hydrogen) atoms. The minimum Gasteiger partial charge on any atom is -0.444 e. The van der Waals surface area contributed by atoms with E-state index >= 15 is 0 Å². The van der Waals surface area contributed by atoms with Gasteiger partial charge in [0.15, 0.2) is 0 Å². The lowest BCUT2D eigenvalue weighted by atomic mass is 10.0. The Bertz CT molecular complexity index is 579. The number of halogens is 3. The van der Waals surface area contributed by atoms with E-state index in [1.54, 1.807) is 17.0 Å². The van der Waals surface area contributed by atoms with E-state index in [-0.39, 0.29) is 12.1 Å². The first-order valence-corrected chi connectivity index (χ1v) is 9.19. The SMILES string of the molecule is CC(C)(C)OC(=O)N1CCCCC1CNc1c(Cl)cc(Cl)cc1Cl. The maximum absolute atomic E-state index is 12.4. The number of anilines is 1. The summed E-state index contributed by atoms with van der Waals surface area (Å²) >= 11 is 18.3. The number of amides is 1. The highest BCUT2D eigenvalue weighted by molar-refractivity contribution is 6.41. The van der Waals surface area contributed by atoms with Gasteiger partial charge in [0.25, 0.3) is 0 Å². The number of nitrogens with zero attached hydrogens (tertiary/aromatic N) is 1. The van der Waals surface area contributed by atoms with Gasteiger partial charge in [0.2, 0.25) is 0 Å². The van der Waals surface area contributed by atoms with Crippen LogP contribution in [0.3, 0.4) is 0 Å². The average Bonchev–Trinajstić information content (AvgIpc) is 2.44. The molecule has 1 aromatic carbocycles. The standard InChI is InChI=1S/C17H23Cl3N2O2/c1-17(2,3)24-16(23)22-7-5-4-6-12(22)10-21-15-13(19)8-11(18)9-14(15)20/h8-9,12,21H,4-7,10H2,1-3H3. The topological polar surface area (TPSA) is 41.6 Å². The van der Waals surface area contributed by atoms with Crippen molar-refractivity contribution < 1.29 is 9.53 Å². The number of hydrogen-bond acceptors (Lipinski definition) is 3. The van der Waals surface area contributed by atoms with Crippen LogP contribution in [-0.4, -0.2) is 35.7 Å². The number of carbonyl (C=O) groups excluding carboxylic acids is 1. The number of hydrogen-bond donors (Lipinski definition) is 1. The van der Waals surface area contributed by atoms with Crippen molar-refractivity contribution in [2.24, 2.45) is 0 Å². The molecule has 1 heterocycles. The molecule has 2 rings (SSSR count). The van der Waals surface area contributed by atoms with Gasteiger partial charge in [-0.3, -0.25) is 0 Å². The van der Waals surface area contributed by atoms with Gasteiger partial charge in [-0.25, -0.2) is 4.79 Å². The summed E-state index contributed by atoms with van der Waals surface area (Å²) in [5.41, 5.74) is 0.132. The van der Waals surface area contributed by atoms with Crippen molar-refractivity contribution >= 4 is 46.6 Å². The van der Waals surface area contributed by atoms with Crippen molar-refractivity contribution in [1.29, 1.82) is 0 Å². The van der Waals surface area contributed by atoms with Crippen LogP contribution in [0.25, 0.3) is 0 Å². The van der Waals surface area contributed by atoms with Crippen molar-refractivity contribution in [2.75, 3.05) is 18.4 Å². The van der Waals surface area contributed by atoms with Crippen molar-refractivity contribution in [2.45, 2.75) is 51.7 Å². The predicted octanol–water partition coefficient (Wildman–Crippen LogP) is 5.85. The van der Waals surface area contributed by atoms with Crippen molar-refractivity contribution in [3.63, 3.8) is 0 Å². The molecule has 1 aliphatic rings. The van der Waals surface area contributed by atoms with Gasteiger partial charge in [0.05, 0.1) is 21.8 Å². The van der Waals surface area contributed by atoms with Crippen LogP contribution in [0.15, 0.2) is 12.1 Å². The Hall–Kier alpha value is -0.840. The maximum atomic E-state index is 12.4. The third-order valence-electron chi connectivity index (χ3n) is 3.78. The summed E-state index contributed by atoms with van der Waals surface area (Å²) in [6.07, 6.45) is 2.70. The van der Waals surface area contributed by atoms with E-state index in [9.17, 15) is 4.79 Å². The van der Waals surface area contributed by atoms with E-state index in [2.05, 4.69) is 5.32 Å². The first-order valence-electron chi connectivity index (χ1n) is 8.05. The molecule has 0 radical (unpaired) electrons. The summed E-state index contributed by atoms with van der Waals surface area (Å²) in [7, 11) is 0. The normalized spacial score (nSPS) is 18.4. The Kier molecular flexibility index (Phi) is 6.52. The molecule has 0 aliphatic carbocycles. The summed E-state index contributed by atoms with van der Waals surface area (Å²) in [6.45, 7) is 6.86. The van der Waals surface area contributed by atoms with Gasteiger partial charge in [-0.2, -0.15) is 0 Å². The van der Waals surface area contributed by atoms with E-state index in [1.807, 2.05) is 20.8 Å². The van der Waals surface area contributed by atoms with E-state index in [1.165, 1.54) is 0 Å². The summed E-state index contributed by atoms with van der Waals surface area (Å²) in [6, 6.07) is 3.32. The van der Waals surface area contributed by atoms with Crippen molar-refractivity contribution in [1.82, 2.24) is 4.90 Å². The first kappa shape index (κ1) is 19.5. The van der Waals surface area contributed by atoms with Crippen LogP contribution in [-0.2, 0) is 4.74 Å². The average molecular weight is 394 g/mol. The Balaban J connectivity index is 2.05. The molecule has 1 N–H and O–H groups in total. The number of likely N-dealkylation sites (tertiary alicyclic amines) is 1. The van der Waals surface area contributed by atoms with Gasteiger partial charge in [0, 0.05) is 18.1 Å². The molecular formula is C17H23Cl3N2O2. The van der Waals surface area contributed by atoms with Gasteiger partial charge >= 0.3 is 6.09 Å². The zero-order valence-electron chi connectivity index (χ0n) is 14.2. The van der Waals surface area contributed by atoms with Crippen molar-refractivity contribution in [3.05, 3.63) is 27.2 Å². The number of carbonyl (C=O) groups is 1. The first-order chi connectivity index (χ1) is 11.2. The van der Waals surface area contributed by atoms with Crippen LogP contribution in [0.2, 0.25) is 15.1 Å². The van der Waals surface area contributed by atoms with Gasteiger partial charge in [-0.15, -0.1) is 0 Å². The van der Waals surface area contributed by atoms with Gasteiger partial charge in [-0.1, -0.05) is 34.8 Å². The fourth-order valence-electron chi connectivity index (χ4n) is 2.70. The Morgan fingerprint density at radius 2 is 1.88 bits per heavy atom. The molecule has 134 valence electrons. The van der Waals surface area contributed by atoms with Crippen LogP contribution in [0.4, 0.5) is 10.5 Å². The van der Waals surface area contributed by atoms with Crippen LogP contribution in [0, 0.1) is 0 Å². The highest BCUT2D eigenvalue weighted by atomic mass is 35.5. The Morgan fingerprint density at radius 1 is 1.25 bits per heavy atom. The monoisotopic (exact) mass is 392 g/mol. The molecule has 7 heteroatoms. The maximum Gasteiger partial charge on any atom is 0.410 e. The molecule has 1 amide bonds. The second-order valence-corrected chi connectivity index (χ2v) is 8.20. The summed E-state index contributed by atoms with van der Waals surface area (Å²) < 4.78 is 5.51.